The number of anilines is 2. The van der Waals surface area contributed by atoms with Gasteiger partial charge in [-0.05, 0) is 11.1 Å². The van der Waals surface area contributed by atoms with Crippen molar-refractivity contribution in [2.75, 3.05) is 36.5 Å². The Labute approximate surface area is 135 Å². The molecule has 1 aliphatic heterocycles. The fourth-order valence-electron chi connectivity index (χ4n) is 3.30. The Morgan fingerprint density at radius 2 is 2.00 bits per heavy atom. The van der Waals surface area contributed by atoms with Gasteiger partial charge in [0, 0.05) is 25.6 Å². The summed E-state index contributed by atoms with van der Waals surface area (Å²) in [5.41, 5.74) is 2.34. The van der Waals surface area contributed by atoms with Gasteiger partial charge < -0.3 is 20.1 Å². The molecule has 0 saturated carbocycles. The molecular formula is C17H20N4O2. The van der Waals surface area contributed by atoms with E-state index in [9.17, 15) is 5.11 Å². The molecule has 2 atom stereocenters. The van der Waals surface area contributed by atoms with Gasteiger partial charge in [0.15, 0.2) is 0 Å². The van der Waals surface area contributed by atoms with E-state index >= 15 is 0 Å². The number of aliphatic hydroxyl groups is 1. The van der Waals surface area contributed by atoms with E-state index < -0.39 is 6.10 Å². The fraction of sp³-hybridized carbons (Fsp3) is 0.412. The third-order valence-corrected chi connectivity index (χ3v) is 4.50. The monoisotopic (exact) mass is 312 g/mol. The highest BCUT2D eigenvalue weighted by atomic mass is 16.5. The summed E-state index contributed by atoms with van der Waals surface area (Å²) in [6.07, 6.45) is 1.81. The molecule has 1 aliphatic carbocycles. The molecule has 0 amide bonds. The van der Waals surface area contributed by atoms with E-state index in [0.29, 0.717) is 6.42 Å². The van der Waals surface area contributed by atoms with Crippen LogP contribution in [0.1, 0.15) is 17.2 Å². The fourth-order valence-corrected chi connectivity index (χ4v) is 3.30. The molecule has 0 spiro atoms. The van der Waals surface area contributed by atoms with Gasteiger partial charge in [-0.15, -0.1) is 0 Å². The number of ether oxygens (including phenoxy) is 1. The molecule has 6 heteroatoms. The van der Waals surface area contributed by atoms with E-state index in [-0.39, 0.29) is 6.04 Å². The second-order valence-corrected chi connectivity index (χ2v) is 5.95. The number of aromatic nitrogens is 2. The smallest absolute Gasteiger partial charge is 0.134 e. The Bertz CT molecular complexity index is 688. The summed E-state index contributed by atoms with van der Waals surface area (Å²) < 4.78 is 5.38. The molecule has 0 radical (unpaired) electrons. The predicted octanol–water partition coefficient (Wildman–Crippen LogP) is 1.38. The SMILES string of the molecule is O[C@H]1Cc2ccccc2[C@H]1Nc1cc(N2CCOCC2)ncn1. The number of hydrogen-bond acceptors (Lipinski definition) is 6. The zero-order chi connectivity index (χ0) is 15.6. The van der Waals surface area contributed by atoms with Gasteiger partial charge in [0.05, 0.1) is 25.4 Å². The number of nitrogens with one attached hydrogen (secondary N) is 1. The number of benzene rings is 1. The summed E-state index contributed by atoms with van der Waals surface area (Å²) in [7, 11) is 0. The average molecular weight is 312 g/mol. The Kier molecular flexibility index (Phi) is 3.85. The predicted molar refractivity (Wildman–Crippen MR) is 87.6 cm³/mol. The van der Waals surface area contributed by atoms with Gasteiger partial charge in [0.1, 0.15) is 18.0 Å². The zero-order valence-corrected chi connectivity index (χ0v) is 12.9. The molecule has 2 heterocycles. The third-order valence-electron chi connectivity index (χ3n) is 4.50. The lowest BCUT2D eigenvalue weighted by molar-refractivity contribution is 0.122. The van der Waals surface area contributed by atoms with Crippen molar-refractivity contribution >= 4 is 11.6 Å². The summed E-state index contributed by atoms with van der Waals surface area (Å²) in [4.78, 5) is 10.9. The van der Waals surface area contributed by atoms with Gasteiger partial charge in [-0.2, -0.15) is 0 Å². The van der Waals surface area contributed by atoms with Crippen molar-refractivity contribution in [2.45, 2.75) is 18.6 Å². The van der Waals surface area contributed by atoms with Crippen LogP contribution in [0, 0.1) is 0 Å². The summed E-state index contributed by atoms with van der Waals surface area (Å²) in [5, 5.41) is 13.7. The quantitative estimate of drug-likeness (QED) is 0.892. The Hall–Kier alpha value is -2.18. The van der Waals surface area contributed by atoms with Crippen LogP contribution in [0.2, 0.25) is 0 Å². The van der Waals surface area contributed by atoms with E-state index in [4.69, 9.17) is 4.74 Å². The molecular weight excluding hydrogens is 292 g/mol. The first-order valence-corrected chi connectivity index (χ1v) is 7.98. The molecule has 4 rings (SSSR count). The summed E-state index contributed by atoms with van der Waals surface area (Å²) in [6.45, 7) is 3.12. The highest BCUT2D eigenvalue weighted by Crippen LogP contribution is 2.33. The van der Waals surface area contributed by atoms with Crippen molar-refractivity contribution in [1.29, 1.82) is 0 Å². The minimum atomic E-state index is -0.436. The summed E-state index contributed by atoms with van der Waals surface area (Å²) in [5.74, 6) is 1.63. The lowest BCUT2D eigenvalue weighted by Gasteiger charge is -2.28. The van der Waals surface area contributed by atoms with Crippen molar-refractivity contribution in [3.63, 3.8) is 0 Å². The lowest BCUT2D eigenvalue weighted by Crippen LogP contribution is -2.36. The number of rotatable bonds is 3. The van der Waals surface area contributed by atoms with Crippen molar-refractivity contribution in [2.24, 2.45) is 0 Å². The minimum absolute atomic E-state index is 0.126. The molecule has 2 N–H and O–H groups in total. The summed E-state index contributed by atoms with van der Waals surface area (Å²) in [6, 6.07) is 9.96. The Balaban J connectivity index is 1.55. The van der Waals surface area contributed by atoms with Gasteiger partial charge in [0.2, 0.25) is 0 Å². The molecule has 0 bridgehead atoms. The standard InChI is InChI=1S/C17H20N4O2/c22-14-9-12-3-1-2-4-13(12)17(14)20-15-10-16(19-11-18-15)21-5-7-23-8-6-21/h1-4,10-11,14,17,22H,5-9H2,(H,18,19,20)/t14-,17+/m0/s1. The highest BCUT2D eigenvalue weighted by molar-refractivity contribution is 5.51. The second-order valence-electron chi connectivity index (χ2n) is 5.95. The Morgan fingerprint density at radius 3 is 2.87 bits per heavy atom. The molecule has 2 aliphatic rings. The third kappa shape index (κ3) is 2.87. The maximum atomic E-state index is 10.4. The minimum Gasteiger partial charge on any atom is -0.390 e. The van der Waals surface area contributed by atoms with E-state index in [1.807, 2.05) is 18.2 Å². The van der Waals surface area contributed by atoms with Crippen molar-refractivity contribution in [3.8, 4) is 0 Å². The molecule has 1 aromatic carbocycles. The number of aliphatic hydroxyl groups excluding tert-OH is 1. The van der Waals surface area contributed by atoms with Gasteiger partial charge in [-0.25, -0.2) is 9.97 Å². The van der Waals surface area contributed by atoms with Crippen molar-refractivity contribution in [3.05, 3.63) is 47.8 Å². The number of hydrogen-bond donors (Lipinski definition) is 2. The van der Waals surface area contributed by atoms with E-state index in [1.54, 1.807) is 6.33 Å². The van der Waals surface area contributed by atoms with Crippen LogP contribution in [0.5, 0.6) is 0 Å². The van der Waals surface area contributed by atoms with E-state index in [0.717, 1.165) is 43.5 Å². The average Bonchev–Trinajstić information content (AvgIpc) is 2.92. The van der Waals surface area contributed by atoms with Crippen LogP contribution in [0.3, 0.4) is 0 Å². The molecule has 1 saturated heterocycles. The molecule has 0 unspecified atom stereocenters. The first-order chi connectivity index (χ1) is 11.3. The van der Waals surface area contributed by atoms with Crippen LogP contribution in [0.4, 0.5) is 11.6 Å². The number of nitrogens with zero attached hydrogens (tertiary/aromatic N) is 3. The van der Waals surface area contributed by atoms with Crippen LogP contribution < -0.4 is 10.2 Å². The normalized spacial score (nSPS) is 23.6. The van der Waals surface area contributed by atoms with Crippen molar-refractivity contribution < 1.29 is 9.84 Å². The maximum absolute atomic E-state index is 10.4. The first-order valence-electron chi connectivity index (χ1n) is 7.98. The summed E-state index contributed by atoms with van der Waals surface area (Å²) >= 11 is 0. The second kappa shape index (κ2) is 6.14. The Morgan fingerprint density at radius 1 is 1.17 bits per heavy atom. The van der Waals surface area contributed by atoms with Crippen LogP contribution in [0.25, 0.3) is 0 Å². The maximum Gasteiger partial charge on any atom is 0.134 e. The highest BCUT2D eigenvalue weighted by Gasteiger charge is 2.31. The van der Waals surface area contributed by atoms with Crippen LogP contribution in [0.15, 0.2) is 36.7 Å². The van der Waals surface area contributed by atoms with Crippen molar-refractivity contribution in [1.82, 2.24) is 9.97 Å². The van der Waals surface area contributed by atoms with Crippen LogP contribution >= 0.6 is 0 Å². The van der Waals surface area contributed by atoms with E-state index in [1.165, 1.54) is 5.56 Å². The largest absolute Gasteiger partial charge is 0.390 e. The van der Waals surface area contributed by atoms with Crippen LogP contribution in [-0.2, 0) is 11.2 Å². The molecule has 23 heavy (non-hydrogen) atoms. The topological polar surface area (TPSA) is 70.5 Å². The molecule has 1 aromatic heterocycles. The number of morpholine rings is 1. The van der Waals surface area contributed by atoms with E-state index in [2.05, 4.69) is 32.3 Å². The molecule has 2 aromatic rings. The van der Waals surface area contributed by atoms with Gasteiger partial charge >= 0.3 is 0 Å². The van der Waals surface area contributed by atoms with Gasteiger partial charge in [-0.3, -0.25) is 0 Å². The van der Waals surface area contributed by atoms with Gasteiger partial charge in [-0.1, -0.05) is 24.3 Å². The lowest BCUT2D eigenvalue weighted by atomic mass is 10.1. The molecule has 120 valence electrons. The first kappa shape index (κ1) is 14.4. The van der Waals surface area contributed by atoms with Crippen LogP contribution in [-0.4, -0.2) is 47.5 Å². The van der Waals surface area contributed by atoms with Gasteiger partial charge in [0.25, 0.3) is 0 Å². The molecule has 1 fully saturated rings. The molecule has 6 nitrogen and oxygen atoms in total. The number of fused-ring (bicyclic) bond motifs is 1. The zero-order valence-electron chi connectivity index (χ0n) is 12.9.